The number of piperazine rings is 1. The maximum absolute atomic E-state index is 13.9. The molecule has 2 atom stereocenters. The maximum Gasteiger partial charge on any atom is 0.257 e. The smallest absolute Gasteiger partial charge is 0.257 e. The highest BCUT2D eigenvalue weighted by Gasteiger charge is 2.37. The highest BCUT2D eigenvalue weighted by Crippen LogP contribution is 2.36. The number of hydrogen-bond acceptors (Lipinski definition) is 8. The summed E-state index contributed by atoms with van der Waals surface area (Å²) in [5, 5.41) is 2.29. The second kappa shape index (κ2) is 11.0. The number of likely N-dealkylation sites (N-methyl/N-ethyl adjacent to an activating group) is 1. The summed E-state index contributed by atoms with van der Waals surface area (Å²) in [5.41, 5.74) is 0.483. The number of carbonyl (C=O) groups excluding carboxylic acids is 1. The van der Waals surface area contributed by atoms with Crippen LogP contribution in [0.1, 0.15) is 31.2 Å². The topological polar surface area (TPSA) is 117 Å². The van der Waals surface area contributed by atoms with Gasteiger partial charge in [0.1, 0.15) is 12.3 Å². The molecule has 2 heterocycles. The number of nitrogens with one attached hydrogen (secondary N) is 1. The van der Waals surface area contributed by atoms with Gasteiger partial charge in [0, 0.05) is 31.8 Å². The fraction of sp³-hybridized carbons (Fsp3) is 0.520. The number of aromatic nitrogens is 1. The number of sulfonamides is 1. The second-order valence-corrected chi connectivity index (χ2v) is 15.7. The molecule has 1 N–H and O–H groups in total. The van der Waals surface area contributed by atoms with Gasteiger partial charge in [-0.15, -0.1) is 0 Å². The first-order chi connectivity index (χ1) is 18.4. The van der Waals surface area contributed by atoms with Gasteiger partial charge in [0.15, 0.2) is 19.2 Å². The number of thiazole rings is 1. The first-order valence-electron chi connectivity index (χ1n) is 12.8. The molecule has 1 amide bonds. The van der Waals surface area contributed by atoms with E-state index in [-0.39, 0.29) is 37.9 Å². The number of hydrogen-bond donors (Lipinski definition) is 1. The lowest BCUT2D eigenvalue weighted by molar-refractivity contribution is -0.111. The maximum atomic E-state index is 13.9. The Balaban J connectivity index is 1.38. The predicted molar refractivity (Wildman–Crippen MR) is 144 cm³/mol. The Labute approximate surface area is 230 Å². The van der Waals surface area contributed by atoms with E-state index in [1.807, 2.05) is 11.9 Å². The molecule has 1 aromatic carbocycles. The Morgan fingerprint density at radius 2 is 1.64 bits per heavy atom. The molecule has 9 nitrogen and oxygen atoms in total. The number of rotatable bonds is 8. The number of allylic oxidation sites excluding steroid dienone is 1. The number of nitrogens with zero attached hydrogens (tertiary/aromatic N) is 3. The Bertz CT molecular complexity index is 1460. The summed E-state index contributed by atoms with van der Waals surface area (Å²) in [4.78, 5) is 19.6. The van der Waals surface area contributed by atoms with Crippen molar-refractivity contribution in [2.24, 2.45) is 5.92 Å². The van der Waals surface area contributed by atoms with Gasteiger partial charge >= 0.3 is 0 Å². The van der Waals surface area contributed by atoms with Gasteiger partial charge in [0.25, 0.3) is 15.9 Å². The summed E-state index contributed by atoms with van der Waals surface area (Å²) in [7, 11) is -5.28. The van der Waals surface area contributed by atoms with E-state index < -0.39 is 44.0 Å². The van der Waals surface area contributed by atoms with Crippen LogP contribution in [0.4, 0.5) is 13.9 Å². The molecule has 2 aliphatic carbocycles. The average molecular weight is 601 g/mol. The fourth-order valence-electron chi connectivity index (χ4n) is 4.80. The number of halogens is 2. The van der Waals surface area contributed by atoms with Gasteiger partial charge in [-0.1, -0.05) is 29.5 Å². The average Bonchev–Trinajstić information content (AvgIpc) is 3.58. The van der Waals surface area contributed by atoms with Crippen LogP contribution < -0.4 is 5.32 Å². The number of carbonyl (C=O) groups is 1. The second-order valence-electron chi connectivity index (χ2n) is 10.3. The van der Waals surface area contributed by atoms with Crippen molar-refractivity contribution in [1.29, 1.82) is 0 Å². The monoisotopic (exact) mass is 600 g/mol. The first kappa shape index (κ1) is 28.3. The molecule has 1 aliphatic heterocycles. The van der Waals surface area contributed by atoms with Crippen LogP contribution in [0.3, 0.4) is 0 Å². The van der Waals surface area contributed by atoms with E-state index in [1.54, 1.807) is 0 Å². The van der Waals surface area contributed by atoms with E-state index in [4.69, 9.17) is 0 Å². The van der Waals surface area contributed by atoms with Crippen LogP contribution in [0.25, 0.3) is 5.57 Å². The number of amides is 1. The summed E-state index contributed by atoms with van der Waals surface area (Å²) in [5.74, 6) is -1.17. The summed E-state index contributed by atoms with van der Waals surface area (Å²) in [6, 6.07) is 5.86. The summed E-state index contributed by atoms with van der Waals surface area (Å²) in [6.45, 7) is 1.92. The van der Waals surface area contributed by atoms with Crippen LogP contribution in [0.2, 0.25) is 0 Å². The Hall–Kier alpha value is -2.26. The van der Waals surface area contributed by atoms with Gasteiger partial charge in [-0.05, 0) is 56.3 Å². The van der Waals surface area contributed by atoms with Gasteiger partial charge in [-0.3, -0.25) is 10.1 Å². The highest BCUT2D eigenvalue weighted by atomic mass is 32.2. The Kier molecular flexibility index (Phi) is 7.94. The molecule has 212 valence electrons. The minimum absolute atomic E-state index is 0.00106. The molecule has 39 heavy (non-hydrogen) atoms. The number of alkyl halides is 2. The zero-order chi connectivity index (χ0) is 27.9. The lowest BCUT2D eigenvalue weighted by Crippen LogP contribution is -2.46. The van der Waals surface area contributed by atoms with Crippen LogP contribution in [-0.2, 0) is 24.7 Å². The summed E-state index contributed by atoms with van der Waals surface area (Å²) in [6.07, 6.45) is 0.552. The van der Waals surface area contributed by atoms with Crippen molar-refractivity contribution in [3.05, 3.63) is 42.1 Å². The zero-order valence-corrected chi connectivity index (χ0v) is 23.7. The molecule has 14 heteroatoms. The van der Waals surface area contributed by atoms with Crippen molar-refractivity contribution in [3.63, 3.8) is 0 Å². The summed E-state index contributed by atoms with van der Waals surface area (Å²) >= 11 is 0.822. The molecule has 2 aromatic rings. The molecule has 0 bridgehead atoms. The molecule has 0 radical (unpaired) electrons. The van der Waals surface area contributed by atoms with Gasteiger partial charge in [-0.2, -0.15) is 4.31 Å². The van der Waals surface area contributed by atoms with Crippen LogP contribution in [-0.4, -0.2) is 87.8 Å². The number of benzene rings is 1. The van der Waals surface area contributed by atoms with Gasteiger partial charge in [-0.25, -0.2) is 30.6 Å². The normalized spacial score (nSPS) is 25.6. The van der Waals surface area contributed by atoms with Crippen LogP contribution in [0, 0.1) is 5.92 Å². The van der Waals surface area contributed by atoms with Crippen molar-refractivity contribution in [2.75, 3.05) is 38.5 Å². The minimum Gasteiger partial charge on any atom is -0.304 e. The van der Waals surface area contributed by atoms with Crippen molar-refractivity contribution in [1.82, 2.24) is 14.2 Å². The van der Waals surface area contributed by atoms with Crippen LogP contribution >= 0.6 is 11.3 Å². The largest absolute Gasteiger partial charge is 0.304 e. The van der Waals surface area contributed by atoms with Crippen LogP contribution in [0.5, 0.6) is 0 Å². The standard InChI is InChI=1S/C25H30F2N4O5S3/c1-30-8-10-31(11-9-30)39(35,36)23-15-28-25(37-23)29-24(32)20(12-16-13-21(26)22(27)14-16)17-2-4-18(5-3-17)38(33,34)19-6-7-19/h2-5,12,15-16,19,21-22H,6-11,13-14H2,1H3,(H,28,29,32)/b20-12+. The molecule has 3 aliphatic rings. The highest BCUT2D eigenvalue weighted by molar-refractivity contribution is 7.92. The third-order valence-electron chi connectivity index (χ3n) is 7.31. The third-order valence-corrected chi connectivity index (χ3v) is 12.8. The van der Waals surface area contributed by atoms with Crippen LogP contribution in [0.15, 0.2) is 45.6 Å². The zero-order valence-electron chi connectivity index (χ0n) is 21.3. The molecule has 2 unspecified atom stereocenters. The molecular weight excluding hydrogens is 570 g/mol. The van der Waals surface area contributed by atoms with Crippen molar-refractivity contribution >= 4 is 47.8 Å². The lowest BCUT2D eigenvalue weighted by atomic mass is 9.98. The fourth-order valence-corrected chi connectivity index (χ4v) is 9.06. The van der Waals surface area contributed by atoms with E-state index in [0.717, 1.165) is 11.3 Å². The van der Waals surface area contributed by atoms with E-state index in [0.29, 0.717) is 44.6 Å². The van der Waals surface area contributed by atoms with E-state index >= 15 is 0 Å². The third kappa shape index (κ3) is 6.09. The Morgan fingerprint density at radius 3 is 2.23 bits per heavy atom. The van der Waals surface area contributed by atoms with Gasteiger partial charge < -0.3 is 4.90 Å². The quantitative estimate of drug-likeness (QED) is 0.463. The van der Waals surface area contributed by atoms with E-state index in [2.05, 4.69) is 10.3 Å². The van der Waals surface area contributed by atoms with E-state index in [9.17, 15) is 30.4 Å². The molecule has 0 spiro atoms. The number of sulfone groups is 1. The van der Waals surface area contributed by atoms with Gasteiger partial charge in [0.05, 0.1) is 16.3 Å². The van der Waals surface area contributed by atoms with Crippen molar-refractivity contribution in [3.8, 4) is 0 Å². The molecule has 1 saturated heterocycles. The van der Waals surface area contributed by atoms with E-state index in [1.165, 1.54) is 40.8 Å². The Morgan fingerprint density at radius 1 is 1.03 bits per heavy atom. The first-order valence-corrected chi connectivity index (χ1v) is 16.6. The number of anilines is 1. The minimum atomic E-state index is -3.77. The molecular formula is C25H30F2N4O5S3. The lowest BCUT2D eigenvalue weighted by Gasteiger charge is -2.30. The molecule has 3 fully saturated rings. The van der Waals surface area contributed by atoms with Gasteiger partial charge in [0.2, 0.25) is 0 Å². The predicted octanol–water partition coefficient (Wildman–Crippen LogP) is 3.12. The molecule has 2 saturated carbocycles. The summed E-state index contributed by atoms with van der Waals surface area (Å²) < 4.78 is 80.4. The van der Waals surface area contributed by atoms with Crippen molar-refractivity contribution < 1.29 is 30.4 Å². The molecule has 5 rings (SSSR count). The SMILES string of the molecule is CN1CCN(S(=O)(=O)c2cnc(NC(=O)/C(=C/C3CC(F)C(F)C3)c3ccc(S(=O)(=O)C4CC4)cc3)s2)CC1. The van der Waals surface area contributed by atoms with Crippen molar-refractivity contribution in [2.45, 2.75) is 52.4 Å². The molecule has 1 aromatic heterocycles.